The predicted molar refractivity (Wildman–Crippen MR) is 109 cm³/mol. The molecular weight excluding hydrogens is 376 g/mol. The number of nitrogens with zero attached hydrogens (tertiary/aromatic N) is 1. The first-order valence-electron chi connectivity index (χ1n) is 8.46. The van der Waals surface area contributed by atoms with Gasteiger partial charge in [0.25, 0.3) is 5.91 Å². The predicted octanol–water partition coefficient (Wildman–Crippen LogP) is 4.90. The van der Waals surface area contributed by atoms with E-state index < -0.39 is 5.91 Å². The average molecular weight is 393 g/mol. The SMILES string of the molecule is COc1ccc(C#N)cc1NC(=O)COc1ccc(-c2ccccc2)cc1Cl. The molecule has 0 aliphatic rings. The monoisotopic (exact) mass is 392 g/mol. The Kier molecular flexibility index (Phi) is 6.15. The van der Waals surface area contributed by atoms with Crippen LogP contribution in [0.4, 0.5) is 5.69 Å². The number of ether oxygens (including phenoxy) is 2. The number of halogens is 1. The van der Waals surface area contributed by atoms with Gasteiger partial charge in [-0.1, -0.05) is 48.0 Å². The molecule has 0 unspecified atom stereocenters. The van der Waals surface area contributed by atoms with Gasteiger partial charge in [-0.2, -0.15) is 5.26 Å². The van der Waals surface area contributed by atoms with Crippen LogP contribution in [0.5, 0.6) is 11.5 Å². The highest BCUT2D eigenvalue weighted by molar-refractivity contribution is 6.32. The third-order valence-corrected chi connectivity index (χ3v) is 4.30. The molecule has 3 aromatic rings. The quantitative estimate of drug-likeness (QED) is 0.647. The van der Waals surface area contributed by atoms with Gasteiger partial charge in [0, 0.05) is 0 Å². The molecule has 3 aromatic carbocycles. The second kappa shape index (κ2) is 8.94. The summed E-state index contributed by atoms with van der Waals surface area (Å²) in [6.07, 6.45) is 0. The van der Waals surface area contributed by atoms with Gasteiger partial charge in [-0.3, -0.25) is 4.79 Å². The van der Waals surface area contributed by atoms with E-state index in [9.17, 15) is 4.79 Å². The summed E-state index contributed by atoms with van der Waals surface area (Å²) in [5, 5.41) is 12.1. The lowest BCUT2D eigenvalue weighted by atomic mass is 10.1. The number of nitrogens with one attached hydrogen (secondary N) is 1. The van der Waals surface area contributed by atoms with Gasteiger partial charge < -0.3 is 14.8 Å². The summed E-state index contributed by atoms with van der Waals surface area (Å²) in [7, 11) is 1.49. The zero-order valence-electron chi connectivity index (χ0n) is 15.1. The summed E-state index contributed by atoms with van der Waals surface area (Å²) in [6, 6.07) is 22.0. The van der Waals surface area contributed by atoms with E-state index in [2.05, 4.69) is 5.32 Å². The van der Waals surface area contributed by atoms with Gasteiger partial charge in [0.05, 0.1) is 29.5 Å². The maximum absolute atomic E-state index is 12.2. The molecule has 3 rings (SSSR count). The molecule has 0 spiro atoms. The van der Waals surface area contributed by atoms with Crippen LogP contribution in [-0.4, -0.2) is 19.6 Å². The summed E-state index contributed by atoms with van der Waals surface area (Å²) >= 11 is 6.30. The van der Waals surface area contributed by atoms with E-state index in [4.69, 9.17) is 26.3 Å². The lowest BCUT2D eigenvalue weighted by molar-refractivity contribution is -0.118. The van der Waals surface area contributed by atoms with E-state index in [1.165, 1.54) is 7.11 Å². The third-order valence-electron chi connectivity index (χ3n) is 4.00. The number of anilines is 1. The summed E-state index contributed by atoms with van der Waals surface area (Å²) in [4.78, 5) is 12.2. The molecule has 0 fully saturated rings. The molecule has 0 saturated carbocycles. The first-order valence-corrected chi connectivity index (χ1v) is 8.84. The van der Waals surface area contributed by atoms with Crippen molar-refractivity contribution < 1.29 is 14.3 Å². The maximum Gasteiger partial charge on any atom is 0.262 e. The molecule has 0 heterocycles. The van der Waals surface area contributed by atoms with Crippen LogP contribution in [-0.2, 0) is 4.79 Å². The summed E-state index contributed by atoms with van der Waals surface area (Å²) < 4.78 is 10.7. The molecule has 6 heteroatoms. The van der Waals surface area contributed by atoms with E-state index >= 15 is 0 Å². The van der Waals surface area contributed by atoms with E-state index in [1.807, 2.05) is 42.5 Å². The first kappa shape index (κ1) is 19.3. The van der Waals surface area contributed by atoms with Gasteiger partial charge in [0.15, 0.2) is 6.61 Å². The van der Waals surface area contributed by atoms with Gasteiger partial charge in [-0.05, 0) is 41.5 Å². The van der Waals surface area contributed by atoms with Crippen molar-refractivity contribution in [1.29, 1.82) is 5.26 Å². The molecule has 140 valence electrons. The van der Waals surface area contributed by atoms with Gasteiger partial charge in [0.1, 0.15) is 11.5 Å². The number of amides is 1. The Labute approximate surface area is 168 Å². The van der Waals surface area contributed by atoms with Crippen LogP contribution in [0.1, 0.15) is 5.56 Å². The zero-order chi connectivity index (χ0) is 19.9. The standard InChI is InChI=1S/C22H17ClN2O3/c1-27-21-9-7-15(13-24)11-19(21)25-22(26)14-28-20-10-8-17(12-18(20)23)16-5-3-2-4-6-16/h2-12H,14H2,1H3,(H,25,26). The minimum atomic E-state index is -0.392. The van der Waals surface area contributed by atoms with Crippen LogP contribution >= 0.6 is 11.6 Å². The van der Waals surface area contributed by atoms with Gasteiger partial charge in [-0.25, -0.2) is 0 Å². The third kappa shape index (κ3) is 4.61. The Morgan fingerprint density at radius 2 is 1.79 bits per heavy atom. The minimum Gasteiger partial charge on any atom is -0.495 e. The number of methoxy groups -OCH3 is 1. The fourth-order valence-electron chi connectivity index (χ4n) is 2.63. The summed E-state index contributed by atoms with van der Waals surface area (Å²) in [5.41, 5.74) is 2.82. The van der Waals surface area contributed by atoms with E-state index in [0.29, 0.717) is 27.8 Å². The van der Waals surface area contributed by atoms with Crippen LogP contribution < -0.4 is 14.8 Å². The fourth-order valence-corrected chi connectivity index (χ4v) is 2.87. The molecule has 0 bridgehead atoms. The van der Waals surface area contributed by atoms with E-state index in [0.717, 1.165) is 11.1 Å². The molecule has 0 radical (unpaired) electrons. The van der Waals surface area contributed by atoms with Crippen molar-refractivity contribution in [2.45, 2.75) is 0 Å². The van der Waals surface area contributed by atoms with Crippen LogP contribution in [0.25, 0.3) is 11.1 Å². The Hall–Kier alpha value is -3.49. The molecule has 0 aliphatic heterocycles. The van der Waals surface area contributed by atoms with Gasteiger partial charge in [-0.15, -0.1) is 0 Å². The summed E-state index contributed by atoms with van der Waals surface area (Å²) in [5.74, 6) is 0.475. The minimum absolute atomic E-state index is 0.232. The van der Waals surface area contributed by atoms with Gasteiger partial charge in [0.2, 0.25) is 0 Å². The molecule has 1 amide bonds. The van der Waals surface area contributed by atoms with Crippen LogP contribution in [0.15, 0.2) is 66.7 Å². The molecule has 5 nitrogen and oxygen atoms in total. The number of rotatable bonds is 6. The molecule has 1 N–H and O–H groups in total. The van der Waals surface area contributed by atoms with Crippen LogP contribution in [0, 0.1) is 11.3 Å². The van der Waals surface area contributed by atoms with Crippen LogP contribution in [0.3, 0.4) is 0 Å². The fraction of sp³-hybridized carbons (Fsp3) is 0.0909. The van der Waals surface area contributed by atoms with Crippen molar-refractivity contribution in [3.8, 4) is 28.7 Å². The Bertz CT molecular complexity index is 1030. The number of carbonyl (C=O) groups excluding carboxylic acids is 1. The van der Waals surface area contributed by atoms with Crippen molar-refractivity contribution in [1.82, 2.24) is 0 Å². The summed E-state index contributed by atoms with van der Waals surface area (Å²) in [6.45, 7) is -0.232. The van der Waals surface area contributed by atoms with Crippen molar-refractivity contribution in [2.24, 2.45) is 0 Å². The lowest BCUT2D eigenvalue weighted by Crippen LogP contribution is -2.20. The number of hydrogen-bond acceptors (Lipinski definition) is 4. The number of nitriles is 1. The zero-order valence-corrected chi connectivity index (χ0v) is 15.9. The molecule has 0 saturated heterocycles. The molecule has 0 aliphatic carbocycles. The molecule has 0 atom stereocenters. The van der Waals surface area contributed by atoms with Crippen molar-refractivity contribution >= 4 is 23.2 Å². The Balaban J connectivity index is 1.66. The molecule has 0 aromatic heterocycles. The molecule has 28 heavy (non-hydrogen) atoms. The van der Waals surface area contributed by atoms with Crippen LogP contribution in [0.2, 0.25) is 5.02 Å². The number of carbonyl (C=O) groups is 1. The first-order chi connectivity index (χ1) is 13.6. The second-order valence-electron chi connectivity index (χ2n) is 5.87. The Morgan fingerprint density at radius 1 is 1.04 bits per heavy atom. The highest BCUT2D eigenvalue weighted by Gasteiger charge is 2.11. The van der Waals surface area contributed by atoms with Crippen molar-refractivity contribution in [3.63, 3.8) is 0 Å². The highest BCUT2D eigenvalue weighted by Crippen LogP contribution is 2.30. The number of hydrogen-bond donors (Lipinski definition) is 1. The smallest absolute Gasteiger partial charge is 0.262 e. The number of benzene rings is 3. The largest absolute Gasteiger partial charge is 0.495 e. The highest BCUT2D eigenvalue weighted by atomic mass is 35.5. The molecular formula is C22H17ClN2O3. The lowest BCUT2D eigenvalue weighted by Gasteiger charge is -2.12. The maximum atomic E-state index is 12.2. The topological polar surface area (TPSA) is 71.3 Å². The normalized spacial score (nSPS) is 10.0. The Morgan fingerprint density at radius 3 is 2.46 bits per heavy atom. The van der Waals surface area contributed by atoms with Gasteiger partial charge >= 0.3 is 0 Å². The van der Waals surface area contributed by atoms with E-state index in [-0.39, 0.29) is 6.61 Å². The van der Waals surface area contributed by atoms with Crippen molar-refractivity contribution in [2.75, 3.05) is 19.0 Å². The average Bonchev–Trinajstić information content (AvgIpc) is 2.73. The van der Waals surface area contributed by atoms with Crippen molar-refractivity contribution in [3.05, 3.63) is 77.3 Å². The van der Waals surface area contributed by atoms with E-state index in [1.54, 1.807) is 30.3 Å². The second-order valence-corrected chi connectivity index (χ2v) is 6.28.